The van der Waals surface area contributed by atoms with Crippen molar-refractivity contribution < 1.29 is 30.5 Å². The highest BCUT2D eigenvalue weighted by Crippen LogP contribution is 2.30. The van der Waals surface area contributed by atoms with Gasteiger partial charge in [0, 0.05) is 24.3 Å². The van der Waals surface area contributed by atoms with Crippen LogP contribution < -0.4 is 10.5 Å². The maximum absolute atomic E-state index is 14.0. The number of nitrogens with zero attached hydrogens (tertiary/aromatic N) is 2. The molecule has 1 amide bonds. The van der Waals surface area contributed by atoms with Gasteiger partial charge in [0.1, 0.15) is 11.5 Å². The fourth-order valence-corrected chi connectivity index (χ4v) is 6.34. The number of aryl methyl sites for hydroxylation is 1. The van der Waals surface area contributed by atoms with Gasteiger partial charge in [-0.2, -0.15) is 4.31 Å². The maximum atomic E-state index is 14.0. The van der Waals surface area contributed by atoms with Crippen LogP contribution in [0.25, 0.3) is 12.2 Å². The van der Waals surface area contributed by atoms with Crippen LogP contribution in [-0.4, -0.2) is 45.3 Å². The van der Waals surface area contributed by atoms with E-state index < -0.39 is 37.7 Å². The van der Waals surface area contributed by atoms with Crippen LogP contribution in [-0.2, 0) is 24.8 Å². The summed E-state index contributed by atoms with van der Waals surface area (Å²) in [6, 6.07) is 11.4. The number of hydrogen-bond acceptors (Lipinski definition) is 7. The van der Waals surface area contributed by atoms with Crippen LogP contribution in [0.5, 0.6) is 0 Å². The molecule has 1 atom stereocenters. The number of anilines is 1. The lowest BCUT2D eigenvalue weighted by atomic mass is 9.99. The third kappa shape index (κ3) is 5.96. The van der Waals surface area contributed by atoms with Gasteiger partial charge in [0.25, 0.3) is 0 Å². The molecule has 2 aromatic carbocycles. The van der Waals surface area contributed by atoms with Gasteiger partial charge in [-0.05, 0) is 62.2 Å². The second kappa shape index (κ2) is 10.5. The van der Waals surface area contributed by atoms with Gasteiger partial charge < -0.3 is 9.84 Å². The number of piperidine rings is 1. The summed E-state index contributed by atoms with van der Waals surface area (Å²) in [4.78, 5) is 12.6. The van der Waals surface area contributed by atoms with E-state index in [0.717, 1.165) is 0 Å². The van der Waals surface area contributed by atoms with Crippen LogP contribution in [0.4, 0.5) is 10.1 Å². The lowest BCUT2D eigenvalue weighted by Crippen LogP contribution is -2.43. The van der Waals surface area contributed by atoms with Crippen LogP contribution >= 0.6 is 0 Å². The molecular formula is C24H25FN4O6S2. The number of carbonyl (C=O) groups excluding carboxylic acids is 1. The van der Waals surface area contributed by atoms with E-state index in [0.29, 0.717) is 18.5 Å². The molecule has 1 unspecified atom stereocenters. The van der Waals surface area contributed by atoms with Crippen molar-refractivity contribution in [3.05, 3.63) is 71.4 Å². The molecule has 37 heavy (non-hydrogen) atoms. The Morgan fingerprint density at radius 1 is 1.14 bits per heavy atom. The maximum Gasteiger partial charge on any atom is 0.248 e. The Kier molecular flexibility index (Phi) is 7.59. The standard InChI is InChI=1S/C24H25FN4O6S2/c1-16-23(22(35-28-16)13-8-17-5-2-3-7-21(17)25)37(33,34)29-14-4-6-18(15-29)24(30)27-19-9-11-20(12-10-19)36(26,31)32/h2-3,5,7-13,18H,4,6,14-15H2,1H3,(H,27,30)(H2,26,31,32). The smallest absolute Gasteiger partial charge is 0.248 e. The molecule has 1 aliphatic heterocycles. The second-order valence-corrected chi connectivity index (χ2v) is 12.0. The first-order valence-corrected chi connectivity index (χ1v) is 14.3. The average molecular weight is 549 g/mol. The van der Waals surface area contributed by atoms with Gasteiger partial charge in [0.2, 0.25) is 26.0 Å². The highest BCUT2D eigenvalue weighted by Gasteiger charge is 2.37. The molecule has 3 N–H and O–H groups in total. The Balaban J connectivity index is 1.51. The van der Waals surface area contributed by atoms with Gasteiger partial charge in [-0.15, -0.1) is 0 Å². The normalized spacial score (nSPS) is 17.2. The van der Waals surface area contributed by atoms with Crippen molar-refractivity contribution in [2.24, 2.45) is 11.1 Å². The number of carbonyl (C=O) groups is 1. The number of halogens is 1. The summed E-state index contributed by atoms with van der Waals surface area (Å²) in [6.07, 6.45) is 3.68. The minimum absolute atomic E-state index is 0.0396. The molecule has 0 bridgehead atoms. The molecule has 0 spiro atoms. The highest BCUT2D eigenvalue weighted by atomic mass is 32.2. The van der Waals surface area contributed by atoms with Gasteiger partial charge in [0.05, 0.1) is 10.8 Å². The molecule has 10 nitrogen and oxygen atoms in total. The van der Waals surface area contributed by atoms with E-state index in [1.807, 2.05) is 0 Å². The first-order valence-electron chi connectivity index (χ1n) is 11.3. The van der Waals surface area contributed by atoms with Crippen LogP contribution in [0.2, 0.25) is 0 Å². The van der Waals surface area contributed by atoms with E-state index in [1.54, 1.807) is 18.2 Å². The van der Waals surface area contributed by atoms with Crippen molar-refractivity contribution in [1.82, 2.24) is 9.46 Å². The first kappa shape index (κ1) is 26.7. The van der Waals surface area contributed by atoms with Crippen LogP contribution in [0, 0.1) is 18.7 Å². The summed E-state index contributed by atoms with van der Waals surface area (Å²) in [7, 11) is -7.95. The Hall–Kier alpha value is -3.39. The van der Waals surface area contributed by atoms with E-state index in [4.69, 9.17) is 9.66 Å². The van der Waals surface area contributed by atoms with Crippen molar-refractivity contribution in [1.29, 1.82) is 0 Å². The summed E-state index contributed by atoms with van der Waals surface area (Å²) in [5.74, 6) is -1.55. The number of sulfonamides is 2. The van der Waals surface area contributed by atoms with Gasteiger partial charge in [-0.3, -0.25) is 4.79 Å². The molecule has 0 saturated carbocycles. The van der Waals surface area contributed by atoms with Crippen LogP contribution in [0.1, 0.15) is 29.9 Å². The fraction of sp³-hybridized carbons (Fsp3) is 0.250. The molecule has 1 aliphatic rings. The Morgan fingerprint density at radius 2 is 1.84 bits per heavy atom. The summed E-state index contributed by atoms with van der Waals surface area (Å²) >= 11 is 0. The number of hydrogen-bond donors (Lipinski definition) is 2. The van der Waals surface area contributed by atoms with E-state index in [2.05, 4.69) is 10.5 Å². The molecule has 1 aromatic heterocycles. The summed E-state index contributed by atoms with van der Waals surface area (Å²) in [5.41, 5.74) is 0.759. The molecule has 196 valence electrons. The van der Waals surface area contributed by atoms with Crippen LogP contribution in [0.15, 0.2) is 62.8 Å². The molecule has 0 aliphatic carbocycles. The van der Waals surface area contributed by atoms with Crippen molar-refractivity contribution >= 4 is 43.8 Å². The van der Waals surface area contributed by atoms with E-state index >= 15 is 0 Å². The number of amides is 1. The molecule has 1 saturated heterocycles. The monoisotopic (exact) mass is 548 g/mol. The van der Waals surface area contributed by atoms with E-state index in [1.165, 1.54) is 53.7 Å². The third-order valence-corrected chi connectivity index (χ3v) is 8.91. The van der Waals surface area contributed by atoms with Crippen LogP contribution in [0.3, 0.4) is 0 Å². The van der Waals surface area contributed by atoms with Gasteiger partial charge in [-0.25, -0.2) is 26.4 Å². The molecular weight excluding hydrogens is 523 g/mol. The molecule has 3 aromatic rings. The highest BCUT2D eigenvalue weighted by molar-refractivity contribution is 7.89. The number of nitrogens with one attached hydrogen (secondary N) is 1. The number of nitrogens with two attached hydrogens (primary N) is 1. The third-order valence-electron chi connectivity index (χ3n) is 5.96. The lowest BCUT2D eigenvalue weighted by Gasteiger charge is -2.31. The Morgan fingerprint density at radius 3 is 2.51 bits per heavy atom. The van der Waals surface area contributed by atoms with Gasteiger partial charge >= 0.3 is 0 Å². The zero-order valence-corrected chi connectivity index (χ0v) is 21.4. The largest absolute Gasteiger partial charge is 0.355 e. The zero-order valence-electron chi connectivity index (χ0n) is 19.8. The number of primary sulfonamides is 1. The topological polar surface area (TPSA) is 153 Å². The summed E-state index contributed by atoms with van der Waals surface area (Å²) in [6.45, 7) is 1.64. The second-order valence-electron chi connectivity index (χ2n) is 8.58. The quantitative estimate of drug-likeness (QED) is 0.460. The Labute approximate surface area is 214 Å². The number of benzene rings is 2. The first-order chi connectivity index (χ1) is 17.5. The summed E-state index contributed by atoms with van der Waals surface area (Å²) < 4.78 is 70.3. The van der Waals surface area contributed by atoms with Crippen molar-refractivity contribution in [2.45, 2.75) is 29.6 Å². The molecule has 1 fully saturated rings. The van der Waals surface area contributed by atoms with Gasteiger partial charge in [0.15, 0.2) is 10.7 Å². The Bertz CT molecular complexity index is 1550. The average Bonchev–Trinajstić information content (AvgIpc) is 3.24. The molecule has 2 heterocycles. The molecule has 4 rings (SSSR count). The lowest BCUT2D eigenvalue weighted by molar-refractivity contribution is -0.120. The predicted octanol–water partition coefficient (Wildman–Crippen LogP) is 2.98. The summed E-state index contributed by atoms with van der Waals surface area (Å²) in [5, 5.41) is 11.6. The van der Waals surface area contributed by atoms with E-state index in [-0.39, 0.29) is 39.9 Å². The minimum Gasteiger partial charge on any atom is -0.355 e. The van der Waals surface area contributed by atoms with E-state index in [9.17, 15) is 26.0 Å². The minimum atomic E-state index is -4.08. The fourth-order valence-electron chi connectivity index (χ4n) is 4.05. The van der Waals surface area contributed by atoms with Crippen molar-refractivity contribution in [3.8, 4) is 0 Å². The predicted molar refractivity (Wildman–Crippen MR) is 134 cm³/mol. The molecule has 13 heteroatoms. The SMILES string of the molecule is Cc1noc(C=Cc2ccccc2F)c1S(=O)(=O)N1CCCC(C(=O)Nc2ccc(S(N)(=O)=O)cc2)C1. The van der Waals surface area contributed by atoms with Gasteiger partial charge in [-0.1, -0.05) is 23.4 Å². The van der Waals surface area contributed by atoms with Crippen molar-refractivity contribution in [2.75, 3.05) is 18.4 Å². The number of rotatable bonds is 7. The van der Waals surface area contributed by atoms with Crippen molar-refractivity contribution in [3.63, 3.8) is 0 Å². The molecule has 0 radical (unpaired) electrons. The zero-order chi connectivity index (χ0) is 26.8. The number of aromatic nitrogens is 1.